The van der Waals surface area contributed by atoms with Crippen LogP contribution >= 0.6 is 0 Å². The molecule has 4 nitrogen and oxygen atoms in total. The van der Waals surface area contributed by atoms with Crippen LogP contribution < -0.4 is 10.9 Å². The summed E-state index contributed by atoms with van der Waals surface area (Å²) < 4.78 is 0. The average molecular weight is 241 g/mol. The lowest BCUT2D eigenvalue weighted by atomic mass is 10.1. The minimum atomic E-state index is -0.0317. The highest BCUT2D eigenvalue weighted by molar-refractivity contribution is 5.60. The zero-order valence-corrected chi connectivity index (χ0v) is 10.4. The van der Waals surface area contributed by atoms with E-state index in [-0.39, 0.29) is 11.6 Å². The quantitative estimate of drug-likeness (QED) is 0.801. The van der Waals surface area contributed by atoms with Crippen molar-refractivity contribution in [2.24, 2.45) is 0 Å². The van der Waals surface area contributed by atoms with Crippen molar-refractivity contribution in [1.29, 1.82) is 0 Å². The summed E-state index contributed by atoms with van der Waals surface area (Å²) >= 11 is 0. The van der Waals surface area contributed by atoms with E-state index in [1.807, 2.05) is 38.1 Å². The first-order valence-electron chi connectivity index (χ1n) is 6.09. The molecule has 2 heterocycles. The summed E-state index contributed by atoms with van der Waals surface area (Å²) in [4.78, 5) is 19.6. The molecular formula is C14H15N3O. The molecule has 0 bridgehead atoms. The van der Waals surface area contributed by atoms with Crippen molar-refractivity contribution in [2.75, 3.05) is 0 Å². The fourth-order valence-electron chi connectivity index (χ4n) is 2.43. The third-order valence-corrected chi connectivity index (χ3v) is 3.44. The molecule has 1 unspecified atom stereocenters. The standard InChI is InChI=1S/C14H15N3O/c1-8-5-3-4-6-10(8)13-16-11-7-15-9(2)12(11)14(18)17-13/h3-6,9,15H,7H2,1-2H3,(H,16,17,18). The van der Waals surface area contributed by atoms with Gasteiger partial charge < -0.3 is 10.3 Å². The molecule has 3 rings (SSSR count). The minimum Gasteiger partial charge on any atom is -0.306 e. The molecule has 0 fully saturated rings. The van der Waals surface area contributed by atoms with E-state index in [0.717, 1.165) is 22.4 Å². The van der Waals surface area contributed by atoms with Gasteiger partial charge in [0, 0.05) is 18.2 Å². The molecule has 1 aliphatic heterocycles. The number of rotatable bonds is 1. The number of nitrogens with one attached hydrogen (secondary N) is 2. The highest BCUT2D eigenvalue weighted by Gasteiger charge is 2.23. The summed E-state index contributed by atoms with van der Waals surface area (Å²) in [5, 5.41) is 3.24. The Morgan fingerprint density at radius 1 is 1.33 bits per heavy atom. The summed E-state index contributed by atoms with van der Waals surface area (Å²) in [6, 6.07) is 8.02. The van der Waals surface area contributed by atoms with E-state index in [2.05, 4.69) is 15.3 Å². The third kappa shape index (κ3) is 1.66. The number of aromatic nitrogens is 2. The fraction of sp³-hybridized carbons (Fsp3) is 0.286. The molecule has 18 heavy (non-hydrogen) atoms. The Bertz CT molecular complexity index is 660. The number of aromatic amines is 1. The fourth-order valence-corrected chi connectivity index (χ4v) is 2.43. The second kappa shape index (κ2) is 4.07. The number of aryl methyl sites for hydroxylation is 1. The molecule has 2 N–H and O–H groups in total. The maximum atomic E-state index is 12.1. The lowest BCUT2D eigenvalue weighted by molar-refractivity contribution is 0.629. The molecule has 0 amide bonds. The van der Waals surface area contributed by atoms with Gasteiger partial charge in [-0.3, -0.25) is 4.79 Å². The van der Waals surface area contributed by atoms with Gasteiger partial charge in [0.1, 0.15) is 5.82 Å². The second-order valence-electron chi connectivity index (χ2n) is 4.69. The van der Waals surface area contributed by atoms with Gasteiger partial charge >= 0.3 is 0 Å². The smallest absolute Gasteiger partial charge is 0.256 e. The molecular weight excluding hydrogens is 226 g/mol. The first-order chi connectivity index (χ1) is 8.66. The summed E-state index contributed by atoms with van der Waals surface area (Å²) in [6.45, 7) is 4.67. The Morgan fingerprint density at radius 3 is 2.89 bits per heavy atom. The van der Waals surface area contributed by atoms with Gasteiger partial charge in [0.15, 0.2) is 0 Å². The number of hydrogen-bond acceptors (Lipinski definition) is 3. The van der Waals surface area contributed by atoms with Crippen LogP contribution in [0.2, 0.25) is 0 Å². The lowest BCUT2D eigenvalue weighted by Crippen LogP contribution is -2.18. The van der Waals surface area contributed by atoms with Crippen molar-refractivity contribution < 1.29 is 0 Å². The van der Waals surface area contributed by atoms with E-state index in [4.69, 9.17) is 0 Å². The SMILES string of the molecule is Cc1ccccc1-c1nc2c(c(=O)[nH]1)C(C)NC2. The Labute approximate surface area is 105 Å². The van der Waals surface area contributed by atoms with Crippen LogP contribution in [0.5, 0.6) is 0 Å². The highest BCUT2D eigenvalue weighted by Crippen LogP contribution is 2.23. The number of fused-ring (bicyclic) bond motifs is 1. The zero-order chi connectivity index (χ0) is 12.7. The van der Waals surface area contributed by atoms with Crippen LogP contribution in [-0.2, 0) is 6.54 Å². The van der Waals surface area contributed by atoms with E-state index in [1.54, 1.807) is 0 Å². The first-order valence-corrected chi connectivity index (χ1v) is 6.09. The molecule has 2 aromatic rings. The van der Waals surface area contributed by atoms with Gasteiger partial charge in [0.25, 0.3) is 5.56 Å². The van der Waals surface area contributed by atoms with Gasteiger partial charge in [-0.05, 0) is 19.4 Å². The summed E-state index contributed by atoms with van der Waals surface area (Å²) in [6.07, 6.45) is 0. The van der Waals surface area contributed by atoms with Gasteiger partial charge in [0.2, 0.25) is 0 Å². The van der Waals surface area contributed by atoms with Gasteiger partial charge in [-0.25, -0.2) is 4.98 Å². The topological polar surface area (TPSA) is 57.8 Å². The van der Waals surface area contributed by atoms with Gasteiger partial charge in [-0.15, -0.1) is 0 Å². The summed E-state index contributed by atoms with van der Waals surface area (Å²) in [7, 11) is 0. The van der Waals surface area contributed by atoms with Crippen molar-refractivity contribution in [3.8, 4) is 11.4 Å². The van der Waals surface area contributed by atoms with Crippen LogP contribution in [-0.4, -0.2) is 9.97 Å². The van der Waals surface area contributed by atoms with Gasteiger partial charge in [-0.2, -0.15) is 0 Å². The molecule has 92 valence electrons. The van der Waals surface area contributed by atoms with Crippen molar-refractivity contribution >= 4 is 0 Å². The monoisotopic (exact) mass is 241 g/mol. The highest BCUT2D eigenvalue weighted by atomic mass is 16.1. The second-order valence-corrected chi connectivity index (χ2v) is 4.69. The van der Waals surface area contributed by atoms with Crippen molar-refractivity contribution in [1.82, 2.24) is 15.3 Å². The van der Waals surface area contributed by atoms with Gasteiger partial charge in [-0.1, -0.05) is 24.3 Å². The summed E-state index contributed by atoms with van der Waals surface area (Å²) in [5.74, 6) is 0.660. The normalized spacial score (nSPS) is 17.8. The first kappa shape index (κ1) is 11.2. The predicted molar refractivity (Wildman–Crippen MR) is 70.3 cm³/mol. The average Bonchev–Trinajstić information content (AvgIpc) is 2.72. The maximum Gasteiger partial charge on any atom is 0.256 e. The number of benzene rings is 1. The van der Waals surface area contributed by atoms with Crippen LogP contribution in [0, 0.1) is 6.92 Å². The van der Waals surface area contributed by atoms with E-state index in [0.29, 0.717) is 12.4 Å². The van der Waals surface area contributed by atoms with Crippen molar-refractivity contribution in [2.45, 2.75) is 26.4 Å². The van der Waals surface area contributed by atoms with Crippen LogP contribution in [0.4, 0.5) is 0 Å². The Hall–Kier alpha value is -1.94. The predicted octanol–water partition coefficient (Wildman–Crippen LogP) is 1.91. The molecule has 0 aliphatic carbocycles. The largest absolute Gasteiger partial charge is 0.306 e. The van der Waals surface area contributed by atoms with E-state index >= 15 is 0 Å². The van der Waals surface area contributed by atoms with Crippen molar-refractivity contribution in [3.05, 3.63) is 51.4 Å². The van der Waals surface area contributed by atoms with E-state index in [1.165, 1.54) is 0 Å². The molecule has 0 saturated heterocycles. The van der Waals surface area contributed by atoms with Crippen LogP contribution in [0.25, 0.3) is 11.4 Å². The Kier molecular flexibility index (Phi) is 2.52. The number of nitrogens with zero attached hydrogens (tertiary/aromatic N) is 1. The summed E-state index contributed by atoms with van der Waals surface area (Å²) in [5.41, 5.74) is 3.70. The van der Waals surface area contributed by atoms with Crippen LogP contribution in [0.1, 0.15) is 29.8 Å². The van der Waals surface area contributed by atoms with E-state index in [9.17, 15) is 4.79 Å². The molecule has 1 aromatic heterocycles. The van der Waals surface area contributed by atoms with Crippen molar-refractivity contribution in [3.63, 3.8) is 0 Å². The lowest BCUT2D eigenvalue weighted by Gasteiger charge is -2.07. The van der Waals surface area contributed by atoms with E-state index < -0.39 is 0 Å². The molecule has 0 spiro atoms. The molecule has 0 radical (unpaired) electrons. The molecule has 1 aliphatic rings. The Morgan fingerprint density at radius 2 is 2.11 bits per heavy atom. The maximum absolute atomic E-state index is 12.1. The van der Waals surface area contributed by atoms with Crippen LogP contribution in [0.3, 0.4) is 0 Å². The molecule has 4 heteroatoms. The number of H-pyrrole nitrogens is 1. The van der Waals surface area contributed by atoms with Gasteiger partial charge in [0.05, 0.1) is 11.3 Å². The Balaban J connectivity index is 2.20. The zero-order valence-electron chi connectivity index (χ0n) is 10.4. The molecule has 0 saturated carbocycles. The van der Waals surface area contributed by atoms with Crippen LogP contribution in [0.15, 0.2) is 29.1 Å². The third-order valence-electron chi connectivity index (χ3n) is 3.44. The minimum absolute atomic E-state index is 0.0317. The molecule has 1 atom stereocenters. The number of hydrogen-bond donors (Lipinski definition) is 2. The molecule has 1 aromatic carbocycles.